The van der Waals surface area contributed by atoms with Gasteiger partial charge in [-0.25, -0.2) is 9.78 Å². The summed E-state index contributed by atoms with van der Waals surface area (Å²) in [5, 5.41) is 22.7. The number of hydrogen-bond acceptors (Lipinski definition) is 6. The number of aromatic nitrogens is 2. The number of aliphatic hydroxyl groups excluding tert-OH is 1. The zero-order chi connectivity index (χ0) is 19.0. The van der Waals surface area contributed by atoms with Crippen LogP contribution in [0.25, 0.3) is 0 Å². The summed E-state index contributed by atoms with van der Waals surface area (Å²) in [5.41, 5.74) is 6.45. The summed E-state index contributed by atoms with van der Waals surface area (Å²) in [6.45, 7) is 2.95. The summed E-state index contributed by atoms with van der Waals surface area (Å²) in [4.78, 5) is 42.2. The fourth-order valence-corrected chi connectivity index (χ4v) is 2.06. The number of amides is 2. The molecule has 0 saturated heterocycles. The van der Waals surface area contributed by atoms with Crippen LogP contribution < -0.4 is 16.4 Å². The molecule has 1 heterocycles. The highest BCUT2D eigenvalue weighted by Gasteiger charge is 2.29. The van der Waals surface area contributed by atoms with Crippen molar-refractivity contribution in [2.75, 3.05) is 6.61 Å². The van der Waals surface area contributed by atoms with Crippen molar-refractivity contribution < 1.29 is 24.6 Å². The Morgan fingerprint density at radius 3 is 2.40 bits per heavy atom. The molecule has 1 rings (SSSR count). The lowest BCUT2D eigenvalue weighted by atomic mass is 9.98. The first-order valence-electron chi connectivity index (χ1n) is 7.97. The molecule has 0 radical (unpaired) electrons. The van der Waals surface area contributed by atoms with Crippen LogP contribution in [0, 0.1) is 5.92 Å². The van der Waals surface area contributed by atoms with Crippen LogP contribution in [0.15, 0.2) is 12.5 Å². The first-order valence-corrected chi connectivity index (χ1v) is 7.97. The third-order valence-electron chi connectivity index (χ3n) is 3.97. The van der Waals surface area contributed by atoms with Crippen LogP contribution in [0.3, 0.4) is 0 Å². The molecule has 0 saturated carbocycles. The fourth-order valence-electron chi connectivity index (χ4n) is 2.06. The van der Waals surface area contributed by atoms with E-state index in [2.05, 4.69) is 20.6 Å². The van der Waals surface area contributed by atoms with E-state index in [9.17, 15) is 14.4 Å². The predicted molar refractivity (Wildman–Crippen MR) is 88.3 cm³/mol. The van der Waals surface area contributed by atoms with Crippen molar-refractivity contribution >= 4 is 17.8 Å². The van der Waals surface area contributed by atoms with Gasteiger partial charge in [0.15, 0.2) is 0 Å². The van der Waals surface area contributed by atoms with Crippen molar-refractivity contribution in [2.24, 2.45) is 11.7 Å². The molecule has 0 bridgehead atoms. The summed E-state index contributed by atoms with van der Waals surface area (Å²) in [6, 6.07) is -3.32. The monoisotopic (exact) mass is 355 g/mol. The Balaban J connectivity index is 2.86. The Hall–Kier alpha value is -2.46. The molecule has 25 heavy (non-hydrogen) atoms. The number of carbonyl (C=O) groups is 3. The van der Waals surface area contributed by atoms with Crippen molar-refractivity contribution in [2.45, 2.75) is 44.8 Å². The van der Waals surface area contributed by atoms with Crippen LogP contribution in [-0.4, -0.2) is 62.7 Å². The van der Waals surface area contributed by atoms with Crippen LogP contribution in [0.4, 0.5) is 0 Å². The van der Waals surface area contributed by atoms with Crippen molar-refractivity contribution in [3.63, 3.8) is 0 Å². The molecule has 0 aliphatic heterocycles. The number of imidazole rings is 1. The number of nitrogens with two attached hydrogens (primary N) is 1. The van der Waals surface area contributed by atoms with Crippen molar-refractivity contribution in [1.82, 2.24) is 20.6 Å². The molecule has 0 fully saturated rings. The topological polar surface area (TPSA) is 170 Å². The Morgan fingerprint density at radius 1 is 1.28 bits per heavy atom. The maximum atomic E-state index is 12.4. The lowest BCUT2D eigenvalue weighted by Crippen LogP contribution is -2.56. The highest BCUT2D eigenvalue weighted by molar-refractivity contribution is 5.92. The van der Waals surface area contributed by atoms with Gasteiger partial charge in [0.2, 0.25) is 11.8 Å². The summed E-state index contributed by atoms with van der Waals surface area (Å²) >= 11 is 0. The zero-order valence-corrected chi connectivity index (χ0v) is 14.2. The standard InChI is InChI=1S/C15H25N5O5/c1-3-8(2)12(16)14(23)19-10(4-9-5-17-7-18-9)13(22)20-11(6-21)15(24)25/h5,7-8,10-12,21H,3-4,6,16H2,1-2H3,(H,17,18)(H,19,23)(H,20,22)(H,24,25). The van der Waals surface area contributed by atoms with Gasteiger partial charge in [-0.15, -0.1) is 0 Å². The van der Waals surface area contributed by atoms with Crippen LogP contribution in [0.5, 0.6) is 0 Å². The Labute approximate surface area is 145 Å². The van der Waals surface area contributed by atoms with Crippen molar-refractivity contribution in [3.05, 3.63) is 18.2 Å². The zero-order valence-electron chi connectivity index (χ0n) is 14.2. The number of nitrogens with one attached hydrogen (secondary N) is 3. The lowest BCUT2D eigenvalue weighted by molar-refractivity contribution is -0.143. The first kappa shape index (κ1) is 20.6. The number of carbonyl (C=O) groups excluding carboxylic acids is 2. The second kappa shape index (κ2) is 9.74. The van der Waals surface area contributed by atoms with Gasteiger partial charge in [0.1, 0.15) is 12.1 Å². The van der Waals surface area contributed by atoms with Gasteiger partial charge in [0.25, 0.3) is 0 Å². The second-order valence-electron chi connectivity index (χ2n) is 5.84. The molecule has 140 valence electrons. The van der Waals surface area contributed by atoms with E-state index in [4.69, 9.17) is 15.9 Å². The molecule has 0 spiro atoms. The molecule has 4 unspecified atom stereocenters. The van der Waals surface area contributed by atoms with Gasteiger partial charge in [-0.2, -0.15) is 0 Å². The maximum absolute atomic E-state index is 12.4. The first-order chi connectivity index (χ1) is 11.8. The normalized spacial score (nSPS) is 15.7. The number of rotatable bonds is 10. The SMILES string of the molecule is CCC(C)C(N)C(=O)NC(Cc1cnc[nH]1)C(=O)NC(CO)C(=O)O. The van der Waals surface area contributed by atoms with Gasteiger partial charge in [-0.1, -0.05) is 20.3 Å². The van der Waals surface area contributed by atoms with E-state index in [0.29, 0.717) is 12.1 Å². The minimum atomic E-state index is -1.46. The number of nitrogens with zero attached hydrogens (tertiary/aromatic N) is 1. The molecule has 2 amide bonds. The molecule has 4 atom stereocenters. The minimum Gasteiger partial charge on any atom is -0.480 e. The molecule has 10 nitrogen and oxygen atoms in total. The van der Waals surface area contributed by atoms with Crippen LogP contribution in [0.1, 0.15) is 26.0 Å². The smallest absolute Gasteiger partial charge is 0.328 e. The van der Waals surface area contributed by atoms with E-state index in [-0.39, 0.29) is 12.3 Å². The summed E-state index contributed by atoms with van der Waals surface area (Å²) in [6.07, 6.45) is 3.67. The Kier molecular flexibility index (Phi) is 8.02. The second-order valence-corrected chi connectivity index (χ2v) is 5.84. The molecule has 1 aromatic heterocycles. The van der Waals surface area contributed by atoms with E-state index in [1.807, 2.05) is 13.8 Å². The lowest BCUT2D eigenvalue weighted by Gasteiger charge is -2.23. The van der Waals surface area contributed by atoms with Gasteiger partial charge in [-0.3, -0.25) is 9.59 Å². The number of aliphatic carboxylic acids is 1. The number of H-pyrrole nitrogens is 1. The van der Waals surface area contributed by atoms with Gasteiger partial charge < -0.3 is 31.6 Å². The molecule has 0 aromatic carbocycles. The number of carboxylic acid groups (broad SMARTS) is 1. The van der Waals surface area contributed by atoms with Crippen molar-refractivity contribution in [1.29, 1.82) is 0 Å². The molecular weight excluding hydrogens is 330 g/mol. The maximum Gasteiger partial charge on any atom is 0.328 e. The average molecular weight is 355 g/mol. The summed E-state index contributed by atoms with van der Waals surface area (Å²) in [5.74, 6) is -2.70. The Bertz CT molecular complexity index is 577. The molecule has 0 aliphatic carbocycles. The highest BCUT2D eigenvalue weighted by atomic mass is 16.4. The third-order valence-corrected chi connectivity index (χ3v) is 3.97. The minimum absolute atomic E-state index is 0.0720. The molecule has 1 aromatic rings. The highest BCUT2D eigenvalue weighted by Crippen LogP contribution is 2.07. The number of aliphatic hydroxyl groups is 1. The van der Waals surface area contributed by atoms with Gasteiger partial charge in [0.05, 0.1) is 19.0 Å². The molecule has 10 heteroatoms. The number of carboxylic acids is 1. The third kappa shape index (κ3) is 6.16. The van der Waals surface area contributed by atoms with E-state index >= 15 is 0 Å². The fraction of sp³-hybridized carbons (Fsp3) is 0.600. The number of hydrogen-bond donors (Lipinski definition) is 6. The van der Waals surface area contributed by atoms with E-state index < -0.39 is 42.5 Å². The van der Waals surface area contributed by atoms with Gasteiger partial charge in [0, 0.05) is 18.3 Å². The van der Waals surface area contributed by atoms with Crippen LogP contribution in [0.2, 0.25) is 0 Å². The number of aromatic amines is 1. The quantitative estimate of drug-likeness (QED) is 0.292. The molecule has 7 N–H and O–H groups in total. The van der Waals surface area contributed by atoms with E-state index in [0.717, 1.165) is 0 Å². The largest absolute Gasteiger partial charge is 0.480 e. The molecular formula is C15H25N5O5. The van der Waals surface area contributed by atoms with Gasteiger partial charge in [-0.05, 0) is 5.92 Å². The van der Waals surface area contributed by atoms with Crippen LogP contribution >= 0.6 is 0 Å². The Morgan fingerprint density at radius 2 is 1.92 bits per heavy atom. The predicted octanol–water partition coefficient (Wildman–Crippen LogP) is -1.63. The van der Waals surface area contributed by atoms with E-state index in [1.54, 1.807) is 0 Å². The van der Waals surface area contributed by atoms with E-state index in [1.165, 1.54) is 12.5 Å². The average Bonchev–Trinajstić information content (AvgIpc) is 3.09. The summed E-state index contributed by atoms with van der Waals surface area (Å²) in [7, 11) is 0. The van der Waals surface area contributed by atoms with Crippen molar-refractivity contribution in [3.8, 4) is 0 Å². The van der Waals surface area contributed by atoms with Crippen LogP contribution in [-0.2, 0) is 20.8 Å². The molecule has 0 aliphatic rings. The summed E-state index contributed by atoms with van der Waals surface area (Å²) < 4.78 is 0. The van der Waals surface area contributed by atoms with Gasteiger partial charge >= 0.3 is 5.97 Å².